The van der Waals surface area contributed by atoms with Crippen LogP contribution >= 0.6 is 23.4 Å². The highest BCUT2D eigenvalue weighted by molar-refractivity contribution is 7.99. The summed E-state index contributed by atoms with van der Waals surface area (Å²) < 4.78 is 5.51. The van der Waals surface area contributed by atoms with Gasteiger partial charge in [0.25, 0.3) is 5.22 Å². The van der Waals surface area contributed by atoms with Crippen LogP contribution in [-0.2, 0) is 0 Å². The van der Waals surface area contributed by atoms with E-state index in [4.69, 9.17) is 16.0 Å². The van der Waals surface area contributed by atoms with E-state index in [1.165, 1.54) is 0 Å². The minimum atomic E-state index is 0.515. The van der Waals surface area contributed by atoms with Gasteiger partial charge in [0.05, 0.1) is 0 Å². The van der Waals surface area contributed by atoms with Crippen molar-refractivity contribution in [1.29, 1.82) is 0 Å². The summed E-state index contributed by atoms with van der Waals surface area (Å²) in [5.41, 5.74) is 0.850. The van der Waals surface area contributed by atoms with Gasteiger partial charge < -0.3 is 4.42 Å². The second kappa shape index (κ2) is 5.37. The van der Waals surface area contributed by atoms with Crippen LogP contribution in [0.4, 0.5) is 0 Å². The Kier molecular flexibility index (Phi) is 3.85. The van der Waals surface area contributed by atoms with Crippen molar-refractivity contribution in [3.63, 3.8) is 0 Å². The van der Waals surface area contributed by atoms with Gasteiger partial charge in [0.2, 0.25) is 5.89 Å². The number of hydrogen-bond donors (Lipinski definition) is 0. The van der Waals surface area contributed by atoms with Crippen LogP contribution in [-0.4, -0.2) is 16.0 Å². The van der Waals surface area contributed by atoms with Gasteiger partial charge in [0, 0.05) is 16.3 Å². The molecular formula is C11H11ClN2OS. The molecule has 1 aromatic heterocycles. The van der Waals surface area contributed by atoms with Gasteiger partial charge in [0.1, 0.15) is 0 Å². The fourth-order valence-corrected chi connectivity index (χ4v) is 2.00. The zero-order chi connectivity index (χ0) is 11.4. The Morgan fingerprint density at radius 3 is 3.00 bits per heavy atom. The molecule has 5 heteroatoms. The van der Waals surface area contributed by atoms with Crippen molar-refractivity contribution in [3.05, 3.63) is 29.3 Å². The van der Waals surface area contributed by atoms with Crippen LogP contribution in [0, 0.1) is 0 Å². The summed E-state index contributed by atoms with van der Waals surface area (Å²) in [7, 11) is 0. The maximum absolute atomic E-state index is 5.89. The van der Waals surface area contributed by atoms with Crippen LogP contribution in [0.3, 0.4) is 0 Å². The Hall–Kier alpha value is -1.00. The van der Waals surface area contributed by atoms with Crippen LogP contribution < -0.4 is 0 Å². The van der Waals surface area contributed by atoms with Crippen molar-refractivity contribution in [2.75, 3.05) is 5.75 Å². The van der Waals surface area contributed by atoms with Crippen molar-refractivity contribution < 1.29 is 4.42 Å². The van der Waals surface area contributed by atoms with Crippen LogP contribution in [0.1, 0.15) is 13.3 Å². The molecular weight excluding hydrogens is 244 g/mol. The molecule has 1 heterocycles. The minimum absolute atomic E-state index is 0.515. The first kappa shape index (κ1) is 11.5. The average Bonchev–Trinajstić information content (AvgIpc) is 2.75. The Morgan fingerprint density at radius 2 is 2.25 bits per heavy atom. The van der Waals surface area contributed by atoms with E-state index in [1.807, 2.05) is 24.3 Å². The lowest BCUT2D eigenvalue weighted by molar-refractivity contribution is 0.466. The molecule has 3 nitrogen and oxygen atoms in total. The largest absolute Gasteiger partial charge is 0.411 e. The number of benzene rings is 1. The Balaban J connectivity index is 2.18. The van der Waals surface area contributed by atoms with E-state index in [9.17, 15) is 0 Å². The molecule has 84 valence electrons. The Labute approximate surface area is 103 Å². The molecule has 2 rings (SSSR count). The highest BCUT2D eigenvalue weighted by atomic mass is 35.5. The molecule has 0 fully saturated rings. The van der Waals surface area contributed by atoms with E-state index < -0.39 is 0 Å². The molecule has 0 atom stereocenters. The highest BCUT2D eigenvalue weighted by Crippen LogP contribution is 2.25. The number of rotatable bonds is 4. The van der Waals surface area contributed by atoms with Gasteiger partial charge in [-0.3, -0.25) is 0 Å². The van der Waals surface area contributed by atoms with Gasteiger partial charge in [0.15, 0.2) is 0 Å². The normalized spacial score (nSPS) is 10.6. The number of nitrogens with zero attached hydrogens (tertiary/aromatic N) is 2. The third kappa shape index (κ3) is 2.77. The van der Waals surface area contributed by atoms with Crippen LogP contribution in [0.25, 0.3) is 11.5 Å². The van der Waals surface area contributed by atoms with Crippen molar-refractivity contribution >= 4 is 23.4 Å². The minimum Gasteiger partial charge on any atom is -0.411 e. The van der Waals surface area contributed by atoms with Crippen LogP contribution in [0.2, 0.25) is 5.02 Å². The van der Waals surface area contributed by atoms with Crippen molar-refractivity contribution in [1.82, 2.24) is 10.2 Å². The zero-order valence-electron chi connectivity index (χ0n) is 8.81. The molecule has 2 aromatic rings. The lowest BCUT2D eigenvalue weighted by Crippen LogP contribution is -1.76. The molecule has 0 aliphatic rings. The first-order valence-corrected chi connectivity index (χ1v) is 6.38. The van der Waals surface area contributed by atoms with Gasteiger partial charge in [-0.15, -0.1) is 10.2 Å². The summed E-state index contributed by atoms with van der Waals surface area (Å²) in [5.74, 6) is 1.50. The van der Waals surface area contributed by atoms with Crippen molar-refractivity contribution in [3.8, 4) is 11.5 Å². The van der Waals surface area contributed by atoms with E-state index in [1.54, 1.807) is 11.8 Å². The van der Waals surface area contributed by atoms with Crippen molar-refractivity contribution in [2.45, 2.75) is 18.6 Å². The monoisotopic (exact) mass is 254 g/mol. The van der Waals surface area contributed by atoms with Gasteiger partial charge in [-0.1, -0.05) is 36.4 Å². The summed E-state index contributed by atoms with van der Waals surface area (Å²) in [6, 6.07) is 7.38. The first-order chi connectivity index (χ1) is 7.79. The maximum atomic E-state index is 5.89. The molecule has 0 radical (unpaired) electrons. The average molecular weight is 255 g/mol. The highest BCUT2D eigenvalue weighted by Gasteiger charge is 2.08. The zero-order valence-corrected chi connectivity index (χ0v) is 10.4. The quantitative estimate of drug-likeness (QED) is 0.776. The number of hydrogen-bond acceptors (Lipinski definition) is 4. The Bertz CT molecular complexity index is 473. The third-order valence-corrected chi connectivity index (χ3v) is 3.17. The molecule has 0 unspecified atom stereocenters. The fraction of sp³-hybridized carbons (Fsp3) is 0.273. The SMILES string of the molecule is CCCSc1nnc(-c2cccc(Cl)c2)o1. The lowest BCUT2D eigenvalue weighted by atomic mass is 10.2. The maximum Gasteiger partial charge on any atom is 0.276 e. The molecule has 0 amide bonds. The van der Waals surface area contributed by atoms with Gasteiger partial charge in [-0.05, 0) is 24.6 Å². The van der Waals surface area contributed by atoms with E-state index in [0.717, 1.165) is 17.7 Å². The molecule has 0 spiro atoms. The molecule has 1 aromatic carbocycles. The van der Waals surface area contributed by atoms with Gasteiger partial charge >= 0.3 is 0 Å². The second-order valence-corrected chi connectivity index (χ2v) is 4.71. The molecule has 0 saturated carbocycles. The molecule has 0 N–H and O–H groups in total. The van der Waals surface area contributed by atoms with E-state index in [-0.39, 0.29) is 0 Å². The van der Waals surface area contributed by atoms with Crippen LogP contribution in [0.15, 0.2) is 33.9 Å². The van der Waals surface area contributed by atoms with E-state index in [2.05, 4.69) is 17.1 Å². The van der Waals surface area contributed by atoms with Crippen LogP contribution in [0.5, 0.6) is 0 Å². The molecule has 0 aliphatic carbocycles. The first-order valence-electron chi connectivity index (χ1n) is 5.02. The number of aromatic nitrogens is 2. The molecule has 0 bridgehead atoms. The molecule has 0 aliphatic heterocycles. The van der Waals surface area contributed by atoms with Gasteiger partial charge in [-0.25, -0.2) is 0 Å². The molecule has 16 heavy (non-hydrogen) atoms. The fourth-order valence-electron chi connectivity index (χ4n) is 1.20. The Morgan fingerprint density at radius 1 is 1.38 bits per heavy atom. The number of halogens is 1. The summed E-state index contributed by atoms with van der Waals surface area (Å²) in [5, 5.41) is 9.22. The summed E-state index contributed by atoms with van der Waals surface area (Å²) in [6.45, 7) is 2.11. The van der Waals surface area contributed by atoms with Gasteiger partial charge in [-0.2, -0.15) is 0 Å². The lowest BCUT2D eigenvalue weighted by Gasteiger charge is -1.94. The van der Waals surface area contributed by atoms with Crippen molar-refractivity contribution in [2.24, 2.45) is 0 Å². The number of thioether (sulfide) groups is 1. The van der Waals surface area contributed by atoms with E-state index >= 15 is 0 Å². The second-order valence-electron chi connectivity index (χ2n) is 3.23. The standard InChI is InChI=1S/C11H11ClN2OS/c1-2-6-16-11-14-13-10(15-11)8-4-3-5-9(12)7-8/h3-5,7H,2,6H2,1H3. The predicted octanol–water partition coefficient (Wildman–Crippen LogP) is 3.89. The predicted molar refractivity (Wildman–Crippen MR) is 65.8 cm³/mol. The summed E-state index contributed by atoms with van der Waals surface area (Å²) >= 11 is 7.46. The molecule has 0 saturated heterocycles. The summed E-state index contributed by atoms with van der Waals surface area (Å²) in [4.78, 5) is 0. The van der Waals surface area contributed by atoms with E-state index in [0.29, 0.717) is 16.1 Å². The summed E-state index contributed by atoms with van der Waals surface area (Å²) in [6.07, 6.45) is 1.08. The smallest absolute Gasteiger partial charge is 0.276 e. The third-order valence-electron chi connectivity index (χ3n) is 1.91. The topological polar surface area (TPSA) is 38.9 Å².